The average Bonchev–Trinajstić information content (AvgIpc) is 2.70. The molecule has 5 heteroatoms. The summed E-state index contributed by atoms with van der Waals surface area (Å²) in [6.07, 6.45) is 0.131. The van der Waals surface area contributed by atoms with E-state index in [1.165, 1.54) is 11.0 Å². The van der Waals surface area contributed by atoms with Gasteiger partial charge in [-0.05, 0) is 38.5 Å². The summed E-state index contributed by atoms with van der Waals surface area (Å²) < 4.78 is 13.9. The van der Waals surface area contributed by atoms with E-state index in [2.05, 4.69) is 5.32 Å². The van der Waals surface area contributed by atoms with Crippen LogP contribution in [0.25, 0.3) is 0 Å². The zero-order valence-electron chi connectivity index (χ0n) is 11.9. The molecule has 1 heterocycles. The fourth-order valence-corrected chi connectivity index (χ4v) is 2.35. The van der Waals surface area contributed by atoms with Gasteiger partial charge >= 0.3 is 0 Å². The molecule has 1 aliphatic heterocycles. The van der Waals surface area contributed by atoms with Crippen molar-refractivity contribution in [3.05, 3.63) is 29.6 Å². The average molecular weight is 278 g/mol. The van der Waals surface area contributed by atoms with Gasteiger partial charge in [0.15, 0.2) is 0 Å². The molecule has 2 amide bonds. The van der Waals surface area contributed by atoms with Gasteiger partial charge in [0.1, 0.15) is 5.82 Å². The Morgan fingerprint density at radius 1 is 1.45 bits per heavy atom. The minimum Gasteiger partial charge on any atom is -0.354 e. The van der Waals surface area contributed by atoms with Crippen molar-refractivity contribution >= 4 is 17.5 Å². The molecule has 0 bridgehead atoms. The zero-order chi connectivity index (χ0) is 14.9. The van der Waals surface area contributed by atoms with Crippen LogP contribution in [-0.2, 0) is 9.59 Å². The van der Waals surface area contributed by atoms with E-state index in [1.807, 2.05) is 13.8 Å². The van der Waals surface area contributed by atoms with Crippen molar-refractivity contribution in [3.63, 3.8) is 0 Å². The first-order chi connectivity index (χ1) is 9.38. The Kier molecular flexibility index (Phi) is 4.06. The Bertz CT molecular complexity index is 543. The van der Waals surface area contributed by atoms with E-state index in [1.54, 1.807) is 19.1 Å². The summed E-state index contributed by atoms with van der Waals surface area (Å²) in [6.45, 7) is 5.76. The van der Waals surface area contributed by atoms with Gasteiger partial charge in [0, 0.05) is 19.0 Å². The number of halogens is 1. The molecule has 1 atom stereocenters. The molecule has 0 spiro atoms. The van der Waals surface area contributed by atoms with E-state index < -0.39 is 11.7 Å². The third kappa shape index (κ3) is 2.98. The summed E-state index contributed by atoms with van der Waals surface area (Å²) in [5, 5.41) is 2.79. The van der Waals surface area contributed by atoms with Crippen molar-refractivity contribution < 1.29 is 14.0 Å². The van der Waals surface area contributed by atoms with Gasteiger partial charge in [-0.25, -0.2) is 4.39 Å². The van der Waals surface area contributed by atoms with Crippen LogP contribution in [0.4, 0.5) is 10.1 Å². The number of aryl methyl sites for hydroxylation is 1. The van der Waals surface area contributed by atoms with Crippen molar-refractivity contribution in [1.29, 1.82) is 0 Å². The summed E-state index contributed by atoms with van der Waals surface area (Å²) in [4.78, 5) is 25.3. The number of benzene rings is 1. The smallest absolute Gasteiger partial charge is 0.227 e. The topological polar surface area (TPSA) is 49.4 Å². The van der Waals surface area contributed by atoms with Gasteiger partial charge in [-0.15, -0.1) is 0 Å². The lowest BCUT2D eigenvalue weighted by molar-refractivity contribution is -0.126. The molecular weight excluding hydrogens is 259 g/mol. The maximum atomic E-state index is 13.9. The molecule has 0 unspecified atom stereocenters. The number of hydrogen-bond acceptors (Lipinski definition) is 2. The second-order valence-electron chi connectivity index (χ2n) is 5.52. The number of rotatable bonds is 3. The van der Waals surface area contributed by atoms with Crippen LogP contribution in [0.1, 0.15) is 25.8 Å². The second-order valence-corrected chi connectivity index (χ2v) is 5.52. The lowest BCUT2D eigenvalue weighted by Crippen LogP contribution is -2.37. The minimum atomic E-state index is -0.428. The number of carbonyl (C=O) groups excluding carboxylic acids is 2. The number of carbonyl (C=O) groups is 2. The quantitative estimate of drug-likeness (QED) is 0.919. The summed E-state index contributed by atoms with van der Waals surface area (Å²) in [7, 11) is 0. The van der Waals surface area contributed by atoms with Crippen LogP contribution in [0.3, 0.4) is 0 Å². The first-order valence-corrected chi connectivity index (χ1v) is 6.75. The van der Waals surface area contributed by atoms with Gasteiger partial charge in [0.2, 0.25) is 11.8 Å². The van der Waals surface area contributed by atoms with Gasteiger partial charge in [0.25, 0.3) is 0 Å². The molecule has 1 N–H and O–H groups in total. The van der Waals surface area contributed by atoms with Gasteiger partial charge in [0.05, 0.1) is 11.6 Å². The Morgan fingerprint density at radius 2 is 2.15 bits per heavy atom. The van der Waals surface area contributed by atoms with Gasteiger partial charge in [-0.3, -0.25) is 9.59 Å². The van der Waals surface area contributed by atoms with Crippen LogP contribution in [0.15, 0.2) is 18.2 Å². The Morgan fingerprint density at radius 3 is 2.75 bits per heavy atom. The predicted octanol–water partition coefficient (Wildman–Crippen LogP) is 2.01. The maximum Gasteiger partial charge on any atom is 0.227 e. The number of hydrogen-bond donors (Lipinski definition) is 1. The second kappa shape index (κ2) is 5.61. The number of anilines is 1. The molecule has 1 aromatic carbocycles. The van der Waals surface area contributed by atoms with Crippen molar-refractivity contribution in [1.82, 2.24) is 5.32 Å². The van der Waals surface area contributed by atoms with Gasteiger partial charge in [-0.2, -0.15) is 0 Å². The molecule has 0 aliphatic carbocycles. The minimum absolute atomic E-state index is 0.0303. The Hall–Kier alpha value is -1.91. The largest absolute Gasteiger partial charge is 0.354 e. The number of nitrogens with zero attached hydrogens (tertiary/aromatic N) is 1. The van der Waals surface area contributed by atoms with Crippen LogP contribution >= 0.6 is 0 Å². The number of amides is 2. The molecule has 0 aromatic heterocycles. The fourth-order valence-electron chi connectivity index (χ4n) is 2.35. The van der Waals surface area contributed by atoms with Crippen LogP contribution in [-0.4, -0.2) is 24.4 Å². The summed E-state index contributed by atoms with van der Waals surface area (Å²) in [5.41, 5.74) is 1.05. The summed E-state index contributed by atoms with van der Waals surface area (Å²) >= 11 is 0. The SMILES string of the molecule is Cc1ccc(N2C[C@@H](C(=O)NC(C)C)CC2=O)c(F)c1. The van der Waals surface area contributed by atoms with E-state index in [0.29, 0.717) is 0 Å². The van der Waals surface area contributed by atoms with Crippen LogP contribution in [0, 0.1) is 18.7 Å². The highest BCUT2D eigenvalue weighted by Gasteiger charge is 2.36. The monoisotopic (exact) mass is 278 g/mol. The normalized spacial score (nSPS) is 18.8. The Labute approximate surface area is 118 Å². The zero-order valence-corrected chi connectivity index (χ0v) is 11.9. The van der Waals surface area contributed by atoms with Crippen molar-refractivity contribution in [2.45, 2.75) is 33.2 Å². The first-order valence-electron chi connectivity index (χ1n) is 6.75. The highest BCUT2D eigenvalue weighted by Crippen LogP contribution is 2.28. The van der Waals surface area contributed by atoms with Crippen LogP contribution < -0.4 is 10.2 Å². The van der Waals surface area contributed by atoms with Gasteiger partial charge < -0.3 is 10.2 Å². The van der Waals surface area contributed by atoms with Crippen LogP contribution in [0.5, 0.6) is 0 Å². The van der Waals surface area contributed by atoms with Crippen molar-refractivity contribution in [2.24, 2.45) is 5.92 Å². The molecule has 1 fully saturated rings. The lowest BCUT2D eigenvalue weighted by Gasteiger charge is -2.18. The molecule has 1 aliphatic rings. The molecule has 2 rings (SSSR count). The predicted molar refractivity (Wildman–Crippen MR) is 74.9 cm³/mol. The highest BCUT2D eigenvalue weighted by atomic mass is 19.1. The van der Waals surface area contributed by atoms with E-state index in [4.69, 9.17) is 0 Å². The standard InChI is InChI=1S/C15H19FN2O2/c1-9(2)17-15(20)11-7-14(19)18(8-11)13-5-4-10(3)6-12(13)16/h4-6,9,11H,7-8H2,1-3H3,(H,17,20)/t11-/m0/s1. The lowest BCUT2D eigenvalue weighted by atomic mass is 10.1. The molecule has 0 saturated carbocycles. The molecule has 4 nitrogen and oxygen atoms in total. The fraction of sp³-hybridized carbons (Fsp3) is 0.467. The van der Waals surface area contributed by atoms with Crippen LogP contribution in [0.2, 0.25) is 0 Å². The summed E-state index contributed by atoms with van der Waals surface area (Å²) in [6, 6.07) is 4.77. The van der Waals surface area contributed by atoms with E-state index in [9.17, 15) is 14.0 Å². The molecule has 0 radical (unpaired) electrons. The van der Waals surface area contributed by atoms with E-state index >= 15 is 0 Å². The van der Waals surface area contributed by atoms with Crippen molar-refractivity contribution in [3.8, 4) is 0 Å². The molecule has 108 valence electrons. The van der Waals surface area contributed by atoms with E-state index in [0.717, 1.165) is 5.56 Å². The third-order valence-corrected chi connectivity index (χ3v) is 3.32. The summed E-state index contributed by atoms with van der Waals surface area (Å²) in [5.74, 6) is -1.20. The molecular formula is C15H19FN2O2. The molecule has 1 saturated heterocycles. The van der Waals surface area contributed by atoms with Gasteiger partial charge in [-0.1, -0.05) is 6.07 Å². The number of nitrogens with one attached hydrogen (secondary N) is 1. The maximum absolute atomic E-state index is 13.9. The van der Waals surface area contributed by atoms with E-state index in [-0.39, 0.29) is 36.5 Å². The third-order valence-electron chi connectivity index (χ3n) is 3.32. The highest BCUT2D eigenvalue weighted by molar-refractivity contribution is 6.00. The Balaban J connectivity index is 2.15. The van der Waals surface area contributed by atoms with Crippen molar-refractivity contribution in [2.75, 3.05) is 11.4 Å². The molecule has 20 heavy (non-hydrogen) atoms. The first kappa shape index (κ1) is 14.5. The molecule has 1 aromatic rings.